The number of carbonyl (C=O) groups is 1. The fraction of sp³-hybridized carbons (Fsp3) is 0.455. The van der Waals surface area contributed by atoms with Crippen LogP contribution < -0.4 is 14.9 Å². The number of hydrogen-bond donors (Lipinski definition) is 1. The molecule has 1 aliphatic heterocycles. The van der Waals surface area contributed by atoms with Crippen molar-refractivity contribution < 1.29 is 24.1 Å². The number of unbranched alkanes of at least 4 members (excludes halogenated alkanes) is 1. The van der Waals surface area contributed by atoms with E-state index < -0.39 is 11.4 Å². The number of ether oxygens (including phenoxy) is 3. The number of carboxylic acids is 1. The van der Waals surface area contributed by atoms with E-state index in [2.05, 4.69) is 0 Å². The van der Waals surface area contributed by atoms with E-state index in [0.717, 1.165) is 12.8 Å². The van der Waals surface area contributed by atoms with Crippen LogP contribution in [0.2, 0.25) is 5.02 Å². The molecule has 0 spiro atoms. The molecule has 3 rings (SSSR count). The lowest BCUT2D eigenvalue weighted by molar-refractivity contribution is 0.0694. The number of rotatable bonds is 8. The molecule has 0 bridgehead atoms. The second-order valence-electron chi connectivity index (χ2n) is 7.60. The number of fused-ring (bicyclic) bond motifs is 3. The van der Waals surface area contributed by atoms with E-state index in [-0.39, 0.29) is 17.5 Å². The van der Waals surface area contributed by atoms with Crippen molar-refractivity contribution >= 4 is 17.6 Å². The van der Waals surface area contributed by atoms with Gasteiger partial charge in [-0.25, -0.2) is 4.79 Å². The summed E-state index contributed by atoms with van der Waals surface area (Å²) in [7, 11) is 1.66. The number of pyridine rings is 1. The zero-order valence-electron chi connectivity index (χ0n) is 17.3. The predicted octanol–water partition coefficient (Wildman–Crippen LogP) is 4.26. The topological polar surface area (TPSA) is 87.0 Å². The number of hydrogen-bond acceptors (Lipinski definition) is 5. The highest BCUT2D eigenvalue weighted by atomic mass is 35.5. The van der Waals surface area contributed by atoms with Crippen LogP contribution in [0.4, 0.5) is 0 Å². The molecule has 7 nitrogen and oxygen atoms in total. The highest BCUT2D eigenvalue weighted by Gasteiger charge is 2.27. The lowest BCUT2D eigenvalue weighted by Crippen LogP contribution is -2.25. The van der Waals surface area contributed by atoms with Gasteiger partial charge in [-0.15, -0.1) is 0 Å². The Balaban J connectivity index is 2.02. The summed E-state index contributed by atoms with van der Waals surface area (Å²) < 4.78 is 18.7. The van der Waals surface area contributed by atoms with Crippen molar-refractivity contribution in [3.63, 3.8) is 0 Å². The zero-order chi connectivity index (χ0) is 21.8. The van der Waals surface area contributed by atoms with Crippen LogP contribution in [0, 0.1) is 5.92 Å². The minimum atomic E-state index is -1.25. The van der Waals surface area contributed by atoms with Gasteiger partial charge in [0.2, 0.25) is 0 Å². The largest absolute Gasteiger partial charge is 0.492 e. The van der Waals surface area contributed by atoms with Gasteiger partial charge in [0.1, 0.15) is 23.7 Å². The van der Waals surface area contributed by atoms with Crippen LogP contribution in [-0.4, -0.2) is 42.6 Å². The van der Waals surface area contributed by atoms with Gasteiger partial charge in [0.05, 0.1) is 23.4 Å². The lowest BCUT2D eigenvalue weighted by Gasteiger charge is -2.24. The van der Waals surface area contributed by atoms with Gasteiger partial charge < -0.3 is 23.9 Å². The SMILES string of the molecule is COCCCCOc1cc2c(cc1Cl)-c1cc(=O)c(C(=O)O)cn1C(C(C)C)CO2. The molecule has 2 aromatic rings. The second kappa shape index (κ2) is 9.53. The molecule has 1 N–H and O–H groups in total. The van der Waals surface area contributed by atoms with Gasteiger partial charge in [-0.2, -0.15) is 0 Å². The molecule has 1 aromatic heterocycles. The van der Waals surface area contributed by atoms with E-state index in [1.54, 1.807) is 19.2 Å². The third-order valence-corrected chi connectivity index (χ3v) is 5.45. The van der Waals surface area contributed by atoms with Gasteiger partial charge in [-0.05, 0) is 24.8 Å². The maximum Gasteiger partial charge on any atom is 0.341 e. The van der Waals surface area contributed by atoms with Crippen LogP contribution in [0.3, 0.4) is 0 Å². The number of halogens is 1. The smallest absolute Gasteiger partial charge is 0.341 e. The lowest BCUT2D eigenvalue weighted by atomic mass is 10.0. The zero-order valence-corrected chi connectivity index (χ0v) is 18.1. The molecular weight excluding hydrogens is 410 g/mol. The minimum absolute atomic E-state index is 0.147. The van der Waals surface area contributed by atoms with Gasteiger partial charge in [-0.1, -0.05) is 25.4 Å². The van der Waals surface area contributed by atoms with E-state index >= 15 is 0 Å². The van der Waals surface area contributed by atoms with Gasteiger partial charge in [0.25, 0.3) is 0 Å². The van der Waals surface area contributed by atoms with Crippen molar-refractivity contribution in [2.24, 2.45) is 5.92 Å². The van der Waals surface area contributed by atoms with Gasteiger partial charge in [0.15, 0.2) is 5.43 Å². The standard InChI is InChI=1S/C22H26ClNO6/c1-13(2)18-12-30-20-10-21(29-7-5-4-6-28-3)16(23)8-14(20)17-9-19(25)15(22(26)27)11-24(17)18/h8-11,13,18H,4-7,12H2,1-3H3,(H,26,27). The Morgan fingerprint density at radius 3 is 2.70 bits per heavy atom. The van der Waals surface area contributed by atoms with Crippen molar-refractivity contribution in [3.05, 3.63) is 45.2 Å². The molecule has 0 saturated heterocycles. The van der Waals surface area contributed by atoms with Gasteiger partial charge in [-0.3, -0.25) is 4.79 Å². The molecule has 0 radical (unpaired) electrons. The van der Waals surface area contributed by atoms with Crippen LogP contribution in [0.5, 0.6) is 11.5 Å². The van der Waals surface area contributed by atoms with E-state index in [1.807, 2.05) is 18.4 Å². The van der Waals surface area contributed by atoms with Crippen molar-refractivity contribution in [2.45, 2.75) is 32.7 Å². The minimum Gasteiger partial charge on any atom is -0.492 e. The fourth-order valence-electron chi connectivity index (χ4n) is 3.47. The maximum atomic E-state index is 12.4. The highest BCUT2D eigenvalue weighted by Crippen LogP contribution is 2.42. The molecule has 0 amide bonds. The molecule has 1 atom stereocenters. The predicted molar refractivity (Wildman–Crippen MR) is 114 cm³/mol. The third-order valence-electron chi connectivity index (χ3n) is 5.16. The maximum absolute atomic E-state index is 12.4. The Labute approximate surface area is 180 Å². The first kappa shape index (κ1) is 22.2. The summed E-state index contributed by atoms with van der Waals surface area (Å²) in [4.78, 5) is 23.9. The quantitative estimate of drug-likeness (QED) is 0.623. The number of benzene rings is 1. The summed E-state index contributed by atoms with van der Waals surface area (Å²) in [6.45, 7) is 5.54. The summed E-state index contributed by atoms with van der Waals surface area (Å²) in [5.74, 6) is -0.0508. The molecule has 8 heteroatoms. The summed E-state index contributed by atoms with van der Waals surface area (Å²) in [6, 6.07) is 4.63. The van der Waals surface area contributed by atoms with Crippen LogP contribution in [0.15, 0.2) is 29.2 Å². The first-order chi connectivity index (χ1) is 14.3. The molecular formula is C22H26ClNO6. The van der Waals surface area contributed by atoms with Crippen LogP contribution in [0.1, 0.15) is 43.1 Å². The molecule has 0 fully saturated rings. The molecule has 2 heterocycles. The molecule has 162 valence electrons. The van der Waals surface area contributed by atoms with Crippen molar-refractivity contribution in [3.8, 4) is 22.8 Å². The van der Waals surface area contributed by atoms with E-state index in [1.165, 1.54) is 12.3 Å². The average Bonchev–Trinajstić information content (AvgIpc) is 2.83. The molecule has 1 aliphatic rings. The summed E-state index contributed by atoms with van der Waals surface area (Å²) >= 11 is 6.45. The number of nitrogens with zero attached hydrogens (tertiary/aromatic N) is 1. The second-order valence-corrected chi connectivity index (χ2v) is 8.01. The van der Waals surface area contributed by atoms with Crippen molar-refractivity contribution in [1.82, 2.24) is 4.57 Å². The van der Waals surface area contributed by atoms with Crippen LogP contribution in [0.25, 0.3) is 11.3 Å². The Morgan fingerprint density at radius 2 is 2.03 bits per heavy atom. The Hall–Kier alpha value is -2.51. The number of methoxy groups -OCH3 is 1. The summed E-state index contributed by atoms with van der Waals surface area (Å²) in [5.41, 5.74) is 0.377. The normalized spacial score (nSPS) is 15.2. The fourth-order valence-corrected chi connectivity index (χ4v) is 3.68. The molecule has 30 heavy (non-hydrogen) atoms. The highest BCUT2D eigenvalue weighted by molar-refractivity contribution is 6.32. The van der Waals surface area contributed by atoms with E-state index in [9.17, 15) is 14.7 Å². The van der Waals surface area contributed by atoms with E-state index in [4.69, 9.17) is 25.8 Å². The summed E-state index contributed by atoms with van der Waals surface area (Å²) in [6.07, 6.45) is 3.11. The molecule has 0 aliphatic carbocycles. The number of aromatic carboxylic acids is 1. The van der Waals surface area contributed by atoms with Crippen molar-refractivity contribution in [1.29, 1.82) is 0 Å². The molecule has 1 aromatic carbocycles. The third kappa shape index (κ3) is 4.63. The Kier molecular flexibility index (Phi) is 7.05. The number of aromatic nitrogens is 1. The Bertz CT molecular complexity index is 984. The van der Waals surface area contributed by atoms with Crippen LogP contribution >= 0.6 is 11.6 Å². The Morgan fingerprint density at radius 1 is 1.30 bits per heavy atom. The van der Waals surface area contributed by atoms with Crippen LogP contribution in [-0.2, 0) is 4.74 Å². The van der Waals surface area contributed by atoms with Gasteiger partial charge in [0, 0.05) is 37.6 Å². The van der Waals surface area contributed by atoms with E-state index in [0.29, 0.717) is 47.6 Å². The summed E-state index contributed by atoms with van der Waals surface area (Å²) in [5, 5.41) is 9.78. The monoisotopic (exact) mass is 435 g/mol. The van der Waals surface area contributed by atoms with Gasteiger partial charge >= 0.3 is 5.97 Å². The molecule has 0 saturated carbocycles. The number of carboxylic acid groups (broad SMARTS) is 1. The average molecular weight is 436 g/mol. The first-order valence-corrected chi connectivity index (χ1v) is 10.3. The molecule has 1 unspecified atom stereocenters. The van der Waals surface area contributed by atoms with Crippen molar-refractivity contribution in [2.75, 3.05) is 26.9 Å². The first-order valence-electron chi connectivity index (χ1n) is 9.91.